The molecule has 5 nitrogen and oxygen atoms in total. The number of hydrogen-bond acceptors (Lipinski definition) is 3. The number of aromatic nitrogens is 3. The molecule has 0 aromatic carbocycles. The van der Waals surface area contributed by atoms with Crippen molar-refractivity contribution in [2.75, 3.05) is 6.54 Å². The van der Waals surface area contributed by atoms with Crippen molar-refractivity contribution in [1.29, 1.82) is 0 Å². The third-order valence-corrected chi connectivity index (χ3v) is 4.08. The van der Waals surface area contributed by atoms with E-state index in [1.54, 1.807) is 18.5 Å². The fourth-order valence-electron chi connectivity index (χ4n) is 2.84. The number of hydrogen-bond donors (Lipinski definition) is 0. The Balaban J connectivity index is 1.56. The molecule has 2 aliphatic rings. The lowest BCUT2D eigenvalue weighted by Gasteiger charge is -2.27. The van der Waals surface area contributed by atoms with E-state index in [4.69, 9.17) is 0 Å². The van der Waals surface area contributed by atoms with Gasteiger partial charge in [0.05, 0.1) is 24.1 Å². The molecule has 1 fully saturated rings. The highest BCUT2D eigenvalue weighted by Gasteiger charge is 2.30. The van der Waals surface area contributed by atoms with E-state index in [9.17, 15) is 4.79 Å². The van der Waals surface area contributed by atoms with Gasteiger partial charge in [-0.2, -0.15) is 0 Å². The van der Waals surface area contributed by atoms with E-state index in [0.29, 0.717) is 18.2 Å². The Hall–Kier alpha value is -2.17. The van der Waals surface area contributed by atoms with E-state index in [1.165, 1.54) is 18.5 Å². The predicted octanol–water partition coefficient (Wildman–Crippen LogP) is 1.81. The summed E-state index contributed by atoms with van der Waals surface area (Å²) in [6.45, 7) is 1.38. The van der Waals surface area contributed by atoms with Crippen LogP contribution in [0.2, 0.25) is 0 Å². The summed E-state index contributed by atoms with van der Waals surface area (Å²) in [7, 11) is 0. The first kappa shape index (κ1) is 11.6. The maximum Gasteiger partial charge on any atom is 0.255 e. The molecule has 20 heavy (non-hydrogen) atoms. The Bertz CT molecular complexity index is 645. The first-order valence-corrected chi connectivity index (χ1v) is 7.07. The standard InChI is InChI=1S/C15H16N4O/c20-15(11-2-1-6-16-8-11)18-7-5-14-13(9-18)17-10-19(14)12-3-4-12/h1-2,6,8,10,12H,3-5,7,9H2. The summed E-state index contributed by atoms with van der Waals surface area (Å²) in [4.78, 5) is 22.8. The summed E-state index contributed by atoms with van der Waals surface area (Å²) >= 11 is 0. The molecule has 0 N–H and O–H groups in total. The number of fused-ring (bicyclic) bond motifs is 1. The van der Waals surface area contributed by atoms with E-state index in [0.717, 1.165) is 18.7 Å². The molecular weight excluding hydrogens is 252 g/mol. The lowest BCUT2D eigenvalue weighted by atomic mass is 10.1. The van der Waals surface area contributed by atoms with Crippen molar-refractivity contribution in [3.63, 3.8) is 0 Å². The van der Waals surface area contributed by atoms with Crippen molar-refractivity contribution < 1.29 is 4.79 Å². The molecule has 4 rings (SSSR count). The smallest absolute Gasteiger partial charge is 0.255 e. The van der Waals surface area contributed by atoms with Gasteiger partial charge in [-0.1, -0.05) is 0 Å². The van der Waals surface area contributed by atoms with Crippen LogP contribution in [0.5, 0.6) is 0 Å². The summed E-state index contributed by atoms with van der Waals surface area (Å²) in [6.07, 6.45) is 8.68. The number of nitrogens with zero attached hydrogens (tertiary/aromatic N) is 4. The molecular formula is C15H16N4O. The first-order chi connectivity index (χ1) is 9.83. The molecule has 2 aromatic rings. The molecule has 1 aliphatic carbocycles. The van der Waals surface area contributed by atoms with Crippen molar-refractivity contribution >= 4 is 5.91 Å². The van der Waals surface area contributed by atoms with Gasteiger partial charge in [0.15, 0.2) is 0 Å². The van der Waals surface area contributed by atoms with Crippen LogP contribution in [0, 0.1) is 0 Å². The van der Waals surface area contributed by atoms with Crippen molar-refractivity contribution in [3.8, 4) is 0 Å². The maximum absolute atomic E-state index is 12.4. The second-order valence-electron chi connectivity index (χ2n) is 5.49. The van der Waals surface area contributed by atoms with Gasteiger partial charge in [-0.15, -0.1) is 0 Å². The van der Waals surface area contributed by atoms with Gasteiger partial charge in [0.25, 0.3) is 5.91 Å². The van der Waals surface area contributed by atoms with Crippen molar-refractivity contribution in [1.82, 2.24) is 19.4 Å². The van der Waals surface area contributed by atoms with Gasteiger partial charge in [-0.25, -0.2) is 4.98 Å². The van der Waals surface area contributed by atoms with Crippen LogP contribution in [0.3, 0.4) is 0 Å². The second-order valence-corrected chi connectivity index (χ2v) is 5.49. The molecule has 0 bridgehead atoms. The zero-order valence-electron chi connectivity index (χ0n) is 11.2. The lowest BCUT2D eigenvalue weighted by Crippen LogP contribution is -2.36. The van der Waals surface area contributed by atoms with Gasteiger partial charge in [0.2, 0.25) is 0 Å². The van der Waals surface area contributed by atoms with E-state index in [-0.39, 0.29) is 5.91 Å². The Morgan fingerprint density at radius 2 is 2.25 bits per heavy atom. The van der Waals surface area contributed by atoms with E-state index >= 15 is 0 Å². The fourth-order valence-corrected chi connectivity index (χ4v) is 2.84. The van der Waals surface area contributed by atoms with Gasteiger partial charge >= 0.3 is 0 Å². The third-order valence-electron chi connectivity index (χ3n) is 4.08. The molecule has 1 amide bonds. The highest BCUT2D eigenvalue weighted by atomic mass is 16.2. The number of carbonyl (C=O) groups is 1. The van der Waals surface area contributed by atoms with Crippen LogP contribution in [-0.4, -0.2) is 31.9 Å². The minimum Gasteiger partial charge on any atom is -0.332 e. The SMILES string of the molecule is O=C(c1cccnc1)N1CCc2c(ncn2C2CC2)C1. The average Bonchev–Trinajstić information content (AvgIpc) is 3.26. The zero-order chi connectivity index (χ0) is 13.5. The van der Waals surface area contributed by atoms with Crippen LogP contribution in [0.1, 0.15) is 40.6 Å². The third kappa shape index (κ3) is 1.90. The minimum absolute atomic E-state index is 0.0460. The zero-order valence-corrected chi connectivity index (χ0v) is 11.2. The van der Waals surface area contributed by atoms with Crippen LogP contribution in [-0.2, 0) is 13.0 Å². The number of carbonyl (C=O) groups excluding carboxylic acids is 1. The quantitative estimate of drug-likeness (QED) is 0.834. The van der Waals surface area contributed by atoms with Crippen molar-refractivity contribution in [2.24, 2.45) is 0 Å². The molecule has 102 valence electrons. The average molecular weight is 268 g/mol. The molecule has 2 aromatic heterocycles. The molecule has 0 unspecified atom stereocenters. The highest BCUT2D eigenvalue weighted by Crippen LogP contribution is 2.37. The van der Waals surface area contributed by atoms with Crippen LogP contribution < -0.4 is 0 Å². The number of pyridine rings is 1. The van der Waals surface area contributed by atoms with E-state index in [1.807, 2.05) is 17.3 Å². The predicted molar refractivity (Wildman–Crippen MR) is 73.2 cm³/mol. The largest absolute Gasteiger partial charge is 0.332 e. The summed E-state index contributed by atoms with van der Waals surface area (Å²) in [5.41, 5.74) is 3.03. The summed E-state index contributed by atoms with van der Waals surface area (Å²) < 4.78 is 2.31. The first-order valence-electron chi connectivity index (χ1n) is 7.07. The fraction of sp³-hybridized carbons (Fsp3) is 0.400. The van der Waals surface area contributed by atoms with E-state index in [2.05, 4.69) is 14.5 Å². The maximum atomic E-state index is 12.4. The lowest BCUT2D eigenvalue weighted by molar-refractivity contribution is 0.0730. The number of imidazole rings is 1. The van der Waals surface area contributed by atoms with Crippen LogP contribution >= 0.6 is 0 Å². The molecule has 0 radical (unpaired) electrons. The van der Waals surface area contributed by atoms with Gasteiger partial charge in [0, 0.05) is 37.1 Å². The molecule has 0 saturated heterocycles. The summed E-state index contributed by atoms with van der Waals surface area (Å²) in [6, 6.07) is 4.27. The Labute approximate surface area is 117 Å². The van der Waals surface area contributed by atoms with Gasteiger partial charge in [-0.05, 0) is 25.0 Å². The number of amides is 1. The summed E-state index contributed by atoms with van der Waals surface area (Å²) in [5.74, 6) is 0.0460. The van der Waals surface area contributed by atoms with Gasteiger partial charge < -0.3 is 9.47 Å². The topological polar surface area (TPSA) is 51.0 Å². The highest BCUT2D eigenvalue weighted by molar-refractivity contribution is 5.93. The van der Waals surface area contributed by atoms with Gasteiger partial charge in [0.1, 0.15) is 0 Å². The minimum atomic E-state index is 0.0460. The van der Waals surface area contributed by atoms with Crippen molar-refractivity contribution in [2.45, 2.75) is 31.8 Å². The van der Waals surface area contributed by atoms with Crippen LogP contribution in [0.4, 0.5) is 0 Å². The van der Waals surface area contributed by atoms with Crippen LogP contribution in [0.25, 0.3) is 0 Å². The molecule has 0 atom stereocenters. The molecule has 1 saturated carbocycles. The summed E-state index contributed by atoms with van der Waals surface area (Å²) in [5, 5.41) is 0. The molecule has 0 spiro atoms. The van der Waals surface area contributed by atoms with Crippen LogP contribution in [0.15, 0.2) is 30.9 Å². The Morgan fingerprint density at radius 1 is 1.35 bits per heavy atom. The molecule has 3 heterocycles. The Morgan fingerprint density at radius 3 is 3.00 bits per heavy atom. The van der Waals surface area contributed by atoms with E-state index < -0.39 is 0 Å². The molecule has 5 heteroatoms. The monoisotopic (exact) mass is 268 g/mol. The van der Waals surface area contributed by atoms with Crippen molar-refractivity contribution in [3.05, 3.63) is 47.8 Å². The number of rotatable bonds is 2. The Kier molecular flexibility index (Phi) is 2.58. The second kappa shape index (κ2) is 4.44. The molecule has 1 aliphatic heterocycles. The normalized spacial score (nSPS) is 17.9. The van der Waals surface area contributed by atoms with Gasteiger partial charge in [-0.3, -0.25) is 9.78 Å².